The highest BCUT2D eigenvalue weighted by molar-refractivity contribution is 8.26. The van der Waals surface area contributed by atoms with Crippen molar-refractivity contribution in [3.05, 3.63) is 85.9 Å². The van der Waals surface area contributed by atoms with E-state index in [1.54, 1.807) is 35.7 Å². The highest BCUT2D eigenvalue weighted by atomic mass is 35.5. The number of amides is 2. The second-order valence-corrected chi connectivity index (χ2v) is 9.77. The average Bonchev–Trinajstić information content (AvgIpc) is 3.44. The zero-order valence-corrected chi connectivity index (χ0v) is 20.4. The third-order valence-electron chi connectivity index (χ3n) is 4.53. The SMILES string of the molecule is COc1cc(/C=C2\SC(=S)N(NC(=O)c3cccs3)C2=O)cc(Cl)c1OCc1ccccc1. The van der Waals surface area contributed by atoms with Crippen molar-refractivity contribution >= 4 is 69.1 Å². The van der Waals surface area contributed by atoms with Crippen LogP contribution in [0, 0.1) is 0 Å². The van der Waals surface area contributed by atoms with Crippen LogP contribution < -0.4 is 14.9 Å². The predicted octanol–water partition coefficient (Wildman–Crippen LogP) is 5.54. The molecule has 1 aliphatic heterocycles. The number of nitrogens with zero attached hydrogens (tertiary/aromatic N) is 1. The number of thiophene rings is 1. The summed E-state index contributed by atoms with van der Waals surface area (Å²) in [5.41, 5.74) is 4.18. The van der Waals surface area contributed by atoms with E-state index in [9.17, 15) is 9.59 Å². The highest BCUT2D eigenvalue weighted by Crippen LogP contribution is 2.39. The van der Waals surface area contributed by atoms with Crippen LogP contribution in [0.3, 0.4) is 0 Å². The first-order valence-electron chi connectivity index (χ1n) is 9.63. The molecule has 0 atom stereocenters. The third kappa shape index (κ3) is 5.39. The van der Waals surface area contributed by atoms with Gasteiger partial charge in [0.25, 0.3) is 11.8 Å². The second-order valence-electron chi connectivity index (χ2n) is 6.74. The predicted molar refractivity (Wildman–Crippen MR) is 136 cm³/mol. The van der Waals surface area contributed by atoms with Gasteiger partial charge >= 0.3 is 0 Å². The van der Waals surface area contributed by atoms with Crippen LogP contribution in [0.4, 0.5) is 0 Å². The minimum absolute atomic E-state index is 0.233. The van der Waals surface area contributed by atoms with Crippen LogP contribution in [-0.4, -0.2) is 28.3 Å². The van der Waals surface area contributed by atoms with Crippen molar-refractivity contribution in [1.82, 2.24) is 10.4 Å². The molecule has 3 aromatic rings. The zero-order valence-electron chi connectivity index (χ0n) is 17.2. The molecule has 0 spiro atoms. The van der Waals surface area contributed by atoms with Gasteiger partial charge in [-0.1, -0.05) is 59.8 Å². The number of halogens is 1. The van der Waals surface area contributed by atoms with E-state index in [0.29, 0.717) is 38.5 Å². The summed E-state index contributed by atoms with van der Waals surface area (Å²) in [5.74, 6) is 0.0312. The Balaban J connectivity index is 1.52. The van der Waals surface area contributed by atoms with Crippen molar-refractivity contribution in [2.75, 3.05) is 7.11 Å². The van der Waals surface area contributed by atoms with E-state index in [4.69, 9.17) is 33.3 Å². The highest BCUT2D eigenvalue weighted by Gasteiger charge is 2.34. The van der Waals surface area contributed by atoms with Crippen LogP contribution in [-0.2, 0) is 11.4 Å². The lowest BCUT2D eigenvalue weighted by molar-refractivity contribution is -0.123. The standard InChI is InChI=1S/C23H17ClN2O4S3/c1-29-17-11-15(10-16(24)20(17)30-13-14-6-3-2-4-7-14)12-19-22(28)26(23(31)33-19)25-21(27)18-8-5-9-32-18/h2-12H,13H2,1H3,(H,25,27)/b19-12-. The fourth-order valence-electron chi connectivity index (χ4n) is 2.97. The second kappa shape index (κ2) is 10.4. The van der Waals surface area contributed by atoms with Crippen LogP contribution in [0.2, 0.25) is 5.02 Å². The van der Waals surface area contributed by atoms with Gasteiger partial charge in [0.2, 0.25) is 0 Å². The van der Waals surface area contributed by atoms with Gasteiger partial charge in [-0.2, -0.15) is 5.01 Å². The molecule has 33 heavy (non-hydrogen) atoms. The molecule has 0 radical (unpaired) electrons. The summed E-state index contributed by atoms with van der Waals surface area (Å²) in [6, 6.07) is 16.5. The molecule has 4 rings (SSSR count). The molecule has 2 aromatic carbocycles. The van der Waals surface area contributed by atoms with Crippen molar-refractivity contribution in [2.24, 2.45) is 0 Å². The Morgan fingerprint density at radius 1 is 1.21 bits per heavy atom. The van der Waals surface area contributed by atoms with E-state index in [2.05, 4.69) is 5.43 Å². The third-order valence-corrected chi connectivity index (χ3v) is 6.98. The van der Waals surface area contributed by atoms with E-state index in [0.717, 1.165) is 22.3 Å². The Bertz CT molecular complexity index is 1230. The number of carbonyl (C=O) groups is 2. The van der Waals surface area contributed by atoms with E-state index >= 15 is 0 Å². The number of thiocarbonyl (C=S) groups is 1. The van der Waals surface area contributed by atoms with Gasteiger partial charge in [-0.25, -0.2) is 0 Å². The van der Waals surface area contributed by atoms with Crippen molar-refractivity contribution in [1.29, 1.82) is 0 Å². The number of nitrogens with one attached hydrogen (secondary N) is 1. The Labute approximate surface area is 209 Å². The summed E-state index contributed by atoms with van der Waals surface area (Å²) in [7, 11) is 1.52. The molecular formula is C23H17ClN2O4S3. The number of hydrogen-bond acceptors (Lipinski definition) is 7. The van der Waals surface area contributed by atoms with Gasteiger partial charge in [-0.3, -0.25) is 15.0 Å². The Morgan fingerprint density at radius 3 is 2.70 bits per heavy atom. The number of carbonyl (C=O) groups excluding carboxylic acids is 2. The molecule has 1 aliphatic rings. The molecule has 6 nitrogen and oxygen atoms in total. The molecule has 0 saturated carbocycles. The number of thioether (sulfide) groups is 1. The number of benzene rings is 2. The largest absolute Gasteiger partial charge is 0.493 e. The van der Waals surface area contributed by atoms with Crippen LogP contribution >= 0.6 is 46.9 Å². The smallest absolute Gasteiger partial charge is 0.285 e. The maximum atomic E-state index is 12.8. The van der Waals surface area contributed by atoms with Gasteiger partial charge in [0.15, 0.2) is 15.8 Å². The molecule has 168 valence electrons. The topological polar surface area (TPSA) is 67.9 Å². The molecule has 2 heterocycles. The summed E-state index contributed by atoms with van der Waals surface area (Å²) in [4.78, 5) is 26.0. The first-order chi connectivity index (χ1) is 16.0. The number of hydrazine groups is 1. The molecule has 0 bridgehead atoms. The van der Waals surface area contributed by atoms with E-state index in [-0.39, 0.29) is 4.32 Å². The van der Waals surface area contributed by atoms with Crippen LogP contribution in [0.25, 0.3) is 6.08 Å². The van der Waals surface area contributed by atoms with Crippen LogP contribution in [0.15, 0.2) is 64.9 Å². The average molecular weight is 517 g/mol. The van der Waals surface area contributed by atoms with Gasteiger partial charge in [0.05, 0.1) is 21.9 Å². The van der Waals surface area contributed by atoms with Crippen LogP contribution in [0.5, 0.6) is 11.5 Å². The molecule has 1 aromatic heterocycles. The maximum Gasteiger partial charge on any atom is 0.285 e. The van der Waals surface area contributed by atoms with Gasteiger partial charge in [0.1, 0.15) is 6.61 Å². The summed E-state index contributed by atoms with van der Waals surface area (Å²) in [6.07, 6.45) is 1.64. The summed E-state index contributed by atoms with van der Waals surface area (Å²) >= 11 is 14.1. The molecule has 1 N–H and O–H groups in total. The van der Waals surface area contributed by atoms with Gasteiger partial charge in [-0.15, -0.1) is 11.3 Å². The summed E-state index contributed by atoms with van der Waals surface area (Å²) < 4.78 is 11.6. The molecule has 10 heteroatoms. The van der Waals surface area contributed by atoms with Crippen LogP contribution in [0.1, 0.15) is 20.8 Å². The number of rotatable bonds is 7. The molecule has 0 aliphatic carbocycles. The normalized spacial score (nSPS) is 14.6. The zero-order chi connectivity index (χ0) is 23.4. The lowest BCUT2D eigenvalue weighted by Gasteiger charge is -2.15. The Kier molecular flexibility index (Phi) is 7.34. The van der Waals surface area contributed by atoms with Crippen molar-refractivity contribution in [2.45, 2.75) is 6.61 Å². The maximum absolute atomic E-state index is 12.8. The minimum Gasteiger partial charge on any atom is -0.493 e. The molecule has 1 saturated heterocycles. The minimum atomic E-state index is -0.422. The number of methoxy groups -OCH3 is 1. The fraction of sp³-hybridized carbons (Fsp3) is 0.0870. The van der Waals surface area contributed by atoms with Crippen molar-refractivity contribution in [3.8, 4) is 11.5 Å². The quantitative estimate of drug-likeness (QED) is 0.329. The van der Waals surface area contributed by atoms with Crippen molar-refractivity contribution in [3.63, 3.8) is 0 Å². The monoisotopic (exact) mass is 516 g/mol. The number of ether oxygens (including phenoxy) is 2. The Morgan fingerprint density at radius 2 is 2.00 bits per heavy atom. The van der Waals surface area contributed by atoms with Gasteiger partial charge < -0.3 is 9.47 Å². The first kappa shape index (κ1) is 23.3. The van der Waals surface area contributed by atoms with E-state index < -0.39 is 11.8 Å². The molecule has 0 unspecified atom stereocenters. The van der Waals surface area contributed by atoms with Gasteiger partial charge in [-0.05, 0) is 53.0 Å². The van der Waals surface area contributed by atoms with E-state index in [1.165, 1.54) is 18.4 Å². The van der Waals surface area contributed by atoms with Crippen molar-refractivity contribution < 1.29 is 19.1 Å². The lowest BCUT2D eigenvalue weighted by atomic mass is 10.1. The lowest BCUT2D eigenvalue weighted by Crippen LogP contribution is -2.44. The van der Waals surface area contributed by atoms with E-state index in [1.807, 2.05) is 30.3 Å². The Hall–Kier alpha value is -2.85. The summed E-state index contributed by atoms with van der Waals surface area (Å²) in [5, 5.41) is 3.20. The summed E-state index contributed by atoms with van der Waals surface area (Å²) in [6.45, 7) is 0.332. The molecular weight excluding hydrogens is 500 g/mol. The molecule has 1 fully saturated rings. The number of hydrogen-bond donors (Lipinski definition) is 1. The van der Waals surface area contributed by atoms with Gasteiger partial charge in [0, 0.05) is 0 Å². The first-order valence-corrected chi connectivity index (χ1v) is 12.1. The fourth-order valence-corrected chi connectivity index (χ4v) is 5.04. The molecule has 2 amide bonds.